The van der Waals surface area contributed by atoms with E-state index in [0.29, 0.717) is 18.8 Å². The van der Waals surface area contributed by atoms with E-state index < -0.39 is 0 Å². The van der Waals surface area contributed by atoms with Crippen LogP contribution >= 0.6 is 0 Å². The Balaban J connectivity index is 1.78. The highest BCUT2D eigenvalue weighted by atomic mass is 16.1. The van der Waals surface area contributed by atoms with Crippen LogP contribution in [0.25, 0.3) is 11.0 Å². The smallest absolute Gasteiger partial charge is 0.220 e. The van der Waals surface area contributed by atoms with Crippen LogP contribution in [0, 0.1) is 5.92 Å². The van der Waals surface area contributed by atoms with Gasteiger partial charge in [0.25, 0.3) is 0 Å². The molecule has 2 rings (SSSR count). The van der Waals surface area contributed by atoms with Gasteiger partial charge in [-0.15, -0.1) is 0 Å². The molecular formula is C17H25N3O. The molecular weight excluding hydrogens is 262 g/mol. The van der Waals surface area contributed by atoms with Gasteiger partial charge in [-0.3, -0.25) is 4.79 Å². The lowest BCUT2D eigenvalue weighted by Crippen LogP contribution is -2.32. The minimum Gasteiger partial charge on any atom is -0.354 e. The van der Waals surface area contributed by atoms with Crippen LogP contribution in [0.15, 0.2) is 24.3 Å². The van der Waals surface area contributed by atoms with Crippen LogP contribution in [0.4, 0.5) is 0 Å². The van der Waals surface area contributed by atoms with Crippen molar-refractivity contribution >= 4 is 16.9 Å². The lowest BCUT2D eigenvalue weighted by Gasteiger charge is -2.14. The minimum absolute atomic E-state index is 0.103. The third-order valence-corrected chi connectivity index (χ3v) is 3.61. The number of nitrogens with one attached hydrogen (secondary N) is 2. The zero-order valence-corrected chi connectivity index (χ0v) is 13.1. The number of carbonyl (C=O) groups excluding carboxylic acids is 1. The van der Waals surface area contributed by atoms with Crippen LogP contribution in [-0.2, 0) is 11.2 Å². The van der Waals surface area contributed by atoms with Crippen molar-refractivity contribution in [3.8, 4) is 0 Å². The molecule has 2 N–H and O–H groups in total. The fourth-order valence-electron chi connectivity index (χ4n) is 2.36. The molecule has 0 bridgehead atoms. The lowest BCUT2D eigenvalue weighted by atomic mass is 10.0. The van der Waals surface area contributed by atoms with Crippen molar-refractivity contribution in [1.82, 2.24) is 15.3 Å². The second-order valence-corrected chi connectivity index (χ2v) is 6.14. The summed E-state index contributed by atoms with van der Waals surface area (Å²) >= 11 is 0. The van der Waals surface area contributed by atoms with Crippen LogP contribution in [0.5, 0.6) is 0 Å². The predicted molar refractivity (Wildman–Crippen MR) is 86.1 cm³/mol. The Labute approximate surface area is 126 Å². The molecule has 4 heteroatoms. The summed E-state index contributed by atoms with van der Waals surface area (Å²) in [4.78, 5) is 19.7. The molecule has 21 heavy (non-hydrogen) atoms. The predicted octanol–water partition coefficient (Wildman–Crippen LogP) is 3.44. The van der Waals surface area contributed by atoms with Crippen molar-refractivity contribution in [3.05, 3.63) is 30.1 Å². The zero-order chi connectivity index (χ0) is 15.2. The maximum Gasteiger partial charge on any atom is 0.220 e. The summed E-state index contributed by atoms with van der Waals surface area (Å²) in [6.45, 7) is 6.48. The van der Waals surface area contributed by atoms with E-state index in [0.717, 1.165) is 29.7 Å². The molecule has 1 heterocycles. The van der Waals surface area contributed by atoms with Gasteiger partial charge in [0.1, 0.15) is 5.82 Å². The Morgan fingerprint density at radius 1 is 1.24 bits per heavy atom. The Kier molecular flexibility index (Phi) is 5.37. The Bertz CT molecular complexity index is 555. The van der Waals surface area contributed by atoms with E-state index in [4.69, 9.17) is 0 Å². The van der Waals surface area contributed by atoms with Gasteiger partial charge in [-0.1, -0.05) is 26.0 Å². The molecule has 0 spiro atoms. The number of nitrogens with zero attached hydrogens (tertiary/aromatic N) is 1. The first-order valence-corrected chi connectivity index (χ1v) is 7.77. The molecule has 1 unspecified atom stereocenters. The Morgan fingerprint density at radius 3 is 2.71 bits per heavy atom. The summed E-state index contributed by atoms with van der Waals surface area (Å²) in [5.41, 5.74) is 1.98. The number of carbonyl (C=O) groups is 1. The van der Waals surface area contributed by atoms with E-state index in [9.17, 15) is 4.79 Å². The number of aryl methyl sites for hydroxylation is 1. The molecule has 114 valence electrons. The van der Waals surface area contributed by atoms with Gasteiger partial charge >= 0.3 is 0 Å². The monoisotopic (exact) mass is 287 g/mol. The molecule has 0 fully saturated rings. The number of benzene rings is 1. The standard InChI is InChI=1S/C17H25N3O/c1-12(2)8-9-13(3)18-17(21)11-10-16-19-14-6-4-5-7-15(14)20-16/h4-7,12-13H,8-11H2,1-3H3,(H,18,21)(H,19,20). The van der Waals surface area contributed by atoms with Crippen LogP contribution < -0.4 is 5.32 Å². The largest absolute Gasteiger partial charge is 0.354 e. The summed E-state index contributed by atoms with van der Waals surface area (Å²) < 4.78 is 0. The zero-order valence-electron chi connectivity index (χ0n) is 13.1. The van der Waals surface area contributed by atoms with Crippen molar-refractivity contribution < 1.29 is 4.79 Å². The molecule has 0 radical (unpaired) electrons. The number of H-pyrrole nitrogens is 1. The second kappa shape index (κ2) is 7.25. The fourth-order valence-corrected chi connectivity index (χ4v) is 2.36. The molecule has 0 saturated heterocycles. The van der Waals surface area contributed by atoms with E-state index >= 15 is 0 Å². The molecule has 1 aromatic heterocycles. The topological polar surface area (TPSA) is 57.8 Å². The highest BCUT2D eigenvalue weighted by molar-refractivity contribution is 5.77. The van der Waals surface area contributed by atoms with Gasteiger partial charge < -0.3 is 10.3 Å². The van der Waals surface area contributed by atoms with Crippen molar-refractivity contribution in [2.24, 2.45) is 5.92 Å². The number of aromatic amines is 1. The molecule has 2 aromatic rings. The Hall–Kier alpha value is -1.84. The fraction of sp³-hybridized carbons (Fsp3) is 0.529. The third-order valence-electron chi connectivity index (χ3n) is 3.61. The van der Waals surface area contributed by atoms with Gasteiger partial charge in [0.05, 0.1) is 11.0 Å². The van der Waals surface area contributed by atoms with Crippen LogP contribution in [0.2, 0.25) is 0 Å². The molecule has 0 saturated carbocycles. The molecule has 1 aromatic carbocycles. The van der Waals surface area contributed by atoms with E-state index in [2.05, 4.69) is 36.1 Å². The summed E-state index contributed by atoms with van der Waals surface area (Å²) in [5.74, 6) is 1.66. The normalized spacial score (nSPS) is 12.8. The molecule has 4 nitrogen and oxygen atoms in total. The average Bonchev–Trinajstić information content (AvgIpc) is 2.86. The number of rotatable bonds is 7. The third kappa shape index (κ3) is 4.88. The van der Waals surface area contributed by atoms with Gasteiger partial charge in [0.15, 0.2) is 0 Å². The van der Waals surface area contributed by atoms with Crippen molar-refractivity contribution in [3.63, 3.8) is 0 Å². The minimum atomic E-state index is 0.103. The first-order valence-electron chi connectivity index (χ1n) is 7.77. The van der Waals surface area contributed by atoms with Crippen molar-refractivity contribution in [1.29, 1.82) is 0 Å². The number of amides is 1. The number of hydrogen-bond donors (Lipinski definition) is 2. The van der Waals surface area contributed by atoms with Crippen molar-refractivity contribution in [2.75, 3.05) is 0 Å². The quantitative estimate of drug-likeness (QED) is 0.819. The molecule has 0 aliphatic carbocycles. The first-order chi connectivity index (χ1) is 10.0. The molecule has 0 aliphatic rings. The SMILES string of the molecule is CC(C)CCC(C)NC(=O)CCc1nc2ccccc2[nH]1. The van der Waals surface area contributed by atoms with Crippen LogP contribution in [-0.4, -0.2) is 21.9 Å². The summed E-state index contributed by atoms with van der Waals surface area (Å²) in [6, 6.07) is 8.17. The highest BCUT2D eigenvalue weighted by Crippen LogP contribution is 2.11. The van der Waals surface area contributed by atoms with E-state index in [1.54, 1.807) is 0 Å². The van der Waals surface area contributed by atoms with Crippen molar-refractivity contribution in [2.45, 2.75) is 52.5 Å². The van der Waals surface area contributed by atoms with Crippen LogP contribution in [0.1, 0.15) is 45.9 Å². The number of para-hydroxylation sites is 2. The number of hydrogen-bond acceptors (Lipinski definition) is 2. The summed E-state index contributed by atoms with van der Waals surface area (Å²) in [7, 11) is 0. The lowest BCUT2D eigenvalue weighted by molar-refractivity contribution is -0.121. The highest BCUT2D eigenvalue weighted by Gasteiger charge is 2.09. The van der Waals surface area contributed by atoms with Gasteiger partial charge in [-0.25, -0.2) is 4.98 Å². The Morgan fingerprint density at radius 2 is 2.00 bits per heavy atom. The van der Waals surface area contributed by atoms with E-state index in [1.807, 2.05) is 24.3 Å². The second-order valence-electron chi connectivity index (χ2n) is 6.14. The molecule has 1 atom stereocenters. The van der Waals surface area contributed by atoms with Gasteiger partial charge in [0, 0.05) is 18.9 Å². The summed E-state index contributed by atoms with van der Waals surface area (Å²) in [6.07, 6.45) is 3.31. The van der Waals surface area contributed by atoms with E-state index in [-0.39, 0.29) is 11.9 Å². The van der Waals surface area contributed by atoms with Gasteiger partial charge in [-0.2, -0.15) is 0 Å². The maximum atomic E-state index is 11.9. The van der Waals surface area contributed by atoms with Gasteiger partial charge in [0.2, 0.25) is 5.91 Å². The van der Waals surface area contributed by atoms with Gasteiger partial charge in [-0.05, 0) is 37.8 Å². The van der Waals surface area contributed by atoms with Crippen LogP contribution in [0.3, 0.4) is 0 Å². The molecule has 0 aliphatic heterocycles. The number of fused-ring (bicyclic) bond motifs is 1. The average molecular weight is 287 g/mol. The number of aromatic nitrogens is 2. The number of imidazole rings is 1. The first kappa shape index (κ1) is 15.5. The maximum absolute atomic E-state index is 11.9. The summed E-state index contributed by atoms with van der Waals surface area (Å²) in [5, 5.41) is 3.06. The molecule has 1 amide bonds. The van der Waals surface area contributed by atoms with E-state index in [1.165, 1.54) is 0 Å².